The Bertz CT molecular complexity index is 828. The molecule has 1 aromatic carbocycles. The van der Waals surface area contributed by atoms with Gasteiger partial charge in [-0.25, -0.2) is 14.3 Å². The molecule has 3 rings (SSSR count). The van der Waals surface area contributed by atoms with E-state index in [4.69, 9.17) is 0 Å². The van der Waals surface area contributed by atoms with Crippen molar-refractivity contribution in [1.82, 2.24) is 14.6 Å². The summed E-state index contributed by atoms with van der Waals surface area (Å²) in [6, 6.07) is 11.0. The fraction of sp³-hybridized carbons (Fsp3) is 0.188. The normalized spacial score (nSPS) is 10.7. The maximum atomic E-state index is 12.2. The lowest BCUT2D eigenvalue weighted by molar-refractivity contribution is 0.262. The Labute approximate surface area is 138 Å². The number of carbonyl (C=O) groups excluding carboxylic acids is 1. The largest absolute Gasteiger partial charge is 0.323 e. The number of carbonyl (C=O) groups is 1. The molecule has 0 aliphatic carbocycles. The maximum absolute atomic E-state index is 12.2. The highest BCUT2D eigenvalue weighted by Gasteiger charge is 2.09. The van der Waals surface area contributed by atoms with E-state index in [0.29, 0.717) is 11.3 Å². The predicted octanol–water partition coefficient (Wildman–Crippen LogP) is 3.66. The van der Waals surface area contributed by atoms with Crippen molar-refractivity contribution < 1.29 is 4.79 Å². The molecule has 0 fully saturated rings. The first-order valence-electron chi connectivity index (χ1n) is 7.26. The minimum atomic E-state index is -0.309. The van der Waals surface area contributed by atoms with Gasteiger partial charge in [-0.05, 0) is 42.7 Å². The molecule has 118 valence electrons. The molecular weight excluding hydrogens is 310 g/mol. The molecule has 3 aromatic rings. The summed E-state index contributed by atoms with van der Waals surface area (Å²) in [7, 11) is 0. The van der Waals surface area contributed by atoms with Gasteiger partial charge in [0.25, 0.3) is 0 Å². The molecule has 2 heterocycles. The third-order valence-electron chi connectivity index (χ3n) is 3.32. The quantitative estimate of drug-likeness (QED) is 0.717. The number of anilines is 2. The van der Waals surface area contributed by atoms with Crippen LogP contribution < -0.4 is 10.6 Å². The Balaban J connectivity index is 1.75. The van der Waals surface area contributed by atoms with Gasteiger partial charge in [-0.15, -0.1) is 11.8 Å². The van der Waals surface area contributed by atoms with Gasteiger partial charge in [0.05, 0.1) is 5.69 Å². The van der Waals surface area contributed by atoms with Crippen molar-refractivity contribution in [2.24, 2.45) is 0 Å². The molecule has 7 heteroatoms. The van der Waals surface area contributed by atoms with Gasteiger partial charge in [0.15, 0.2) is 11.5 Å². The second kappa shape index (κ2) is 6.70. The van der Waals surface area contributed by atoms with E-state index in [-0.39, 0.29) is 6.03 Å². The van der Waals surface area contributed by atoms with Crippen molar-refractivity contribution in [2.75, 3.05) is 16.9 Å². The molecule has 23 heavy (non-hydrogen) atoms. The van der Waals surface area contributed by atoms with Crippen LogP contribution in [0.2, 0.25) is 0 Å². The number of thioether (sulfide) groups is 1. The number of aromatic nitrogens is 3. The number of aryl methyl sites for hydroxylation is 1. The van der Waals surface area contributed by atoms with Gasteiger partial charge < -0.3 is 10.6 Å². The van der Waals surface area contributed by atoms with E-state index < -0.39 is 0 Å². The molecule has 2 aromatic heterocycles. The van der Waals surface area contributed by atoms with Crippen molar-refractivity contribution >= 4 is 34.8 Å². The highest BCUT2D eigenvalue weighted by Crippen LogP contribution is 2.18. The van der Waals surface area contributed by atoms with Crippen LogP contribution in [-0.4, -0.2) is 26.9 Å². The van der Waals surface area contributed by atoms with E-state index in [1.54, 1.807) is 22.3 Å². The van der Waals surface area contributed by atoms with Crippen molar-refractivity contribution in [1.29, 1.82) is 0 Å². The molecule has 0 spiro atoms. The highest BCUT2D eigenvalue weighted by molar-refractivity contribution is 7.98. The SMILES string of the molecule is CCc1nc2c(NC(=O)Nc3ccc(SC)cc3)cccn2n1. The van der Waals surface area contributed by atoms with E-state index in [9.17, 15) is 4.79 Å². The van der Waals surface area contributed by atoms with E-state index in [0.717, 1.165) is 22.8 Å². The van der Waals surface area contributed by atoms with Gasteiger partial charge in [0.1, 0.15) is 0 Å². The molecule has 0 unspecified atom stereocenters. The number of nitrogens with one attached hydrogen (secondary N) is 2. The lowest BCUT2D eigenvalue weighted by atomic mass is 10.3. The maximum Gasteiger partial charge on any atom is 0.323 e. The van der Waals surface area contributed by atoms with Crippen molar-refractivity contribution in [3.63, 3.8) is 0 Å². The summed E-state index contributed by atoms with van der Waals surface area (Å²) in [5.41, 5.74) is 2.00. The summed E-state index contributed by atoms with van der Waals surface area (Å²) in [6.07, 6.45) is 4.57. The summed E-state index contributed by atoms with van der Waals surface area (Å²) >= 11 is 1.66. The number of urea groups is 1. The van der Waals surface area contributed by atoms with Crippen molar-refractivity contribution in [2.45, 2.75) is 18.2 Å². The molecule has 2 N–H and O–H groups in total. The van der Waals surface area contributed by atoms with Crippen molar-refractivity contribution in [3.8, 4) is 0 Å². The molecule has 0 atom stereocenters. The van der Waals surface area contributed by atoms with Gasteiger partial charge in [0.2, 0.25) is 0 Å². The number of pyridine rings is 1. The molecule has 2 amide bonds. The van der Waals surface area contributed by atoms with Gasteiger partial charge in [-0.2, -0.15) is 5.10 Å². The smallest absolute Gasteiger partial charge is 0.308 e. The number of benzene rings is 1. The van der Waals surface area contributed by atoms with Crippen molar-refractivity contribution in [3.05, 3.63) is 48.4 Å². The summed E-state index contributed by atoms with van der Waals surface area (Å²) in [6.45, 7) is 1.99. The van der Waals surface area contributed by atoms with E-state index >= 15 is 0 Å². The van der Waals surface area contributed by atoms with Crippen LogP contribution in [0.15, 0.2) is 47.5 Å². The highest BCUT2D eigenvalue weighted by atomic mass is 32.2. The lowest BCUT2D eigenvalue weighted by Gasteiger charge is -2.08. The second-order valence-corrected chi connectivity index (χ2v) is 5.76. The Kier molecular flexibility index (Phi) is 4.47. The summed E-state index contributed by atoms with van der Waals surface area (Å²) in [5, 5.41) is 9.97. The Morgan fingerprint density at radius 3 is 2.70 bits per heavy atom. The Morgan fingerprint density at radius 1 is 1.22 bits per heavy atom. The van der Waals surface area contributed by atoms with Gasteiger partial charge in [-0.1, -0.05) is 6.92 Å². The van der Waals surface area contributed by atoms with Crippen LogP contribution >= 0.6 is 11.8 Å². The van der Waals surface area contributed by atoms with Crippen LogP contribution in [0.5, 0.6) is 0 Å². The fourth-order valence-electron chi connectivity index (χ4n) is 2.16. The van der Waals surface area contributed by atoms with E-state index in [1.807, 2.05) is 49.7 Å². The van der Waals surface area contributed by atoms with Crippen LogP contribution in [0.4, 0.5) is 16.2 Å². The monoisotopic (exact) mass is 327 g/mol. The minimum absolute atomic E-state index is 0.309. The lowest BCUT2D eigenvalue weighted by Crippen LogP contribution is -2.19. The molecule has 0 radical (unpaired) electrons. The van der Waals surface area contributed by atoms with Crippen LogP contribution in [0.1, 0.15) is 12.7 Å². The number of rotatable bonds is 4. The van der Waals surface area contributed by atoms with Gasteiger partial charge in [-0.3, -0.25) is 0 Å². The summed E-state index contributed by atoms with van der Waals surface area (Å²) < 4.78 is 1.67. The fourth-order valence-corrected chi connectivity index (χ4v) is 2.57. The number of nitrogens with zero attached hydrogens (tertiary/aromatic N) is 3. The third-order valence-corrected chi connectivity index (χ3v) is 4.06. The third kappa shape index (κ3) is 3.45. The average molecular weight is 327 g/mol. The first kappa shape index (κ1) is 15.4. The number of amides is 2. The zero-order valence-electron chi connectivity index (χ0n) is 12.9. The molecule has 0 aliphatic heterocycles. The minimum Gasteiger partial charge on any atom is -0.308 e. The number of hydrogen-bond acceptors (Lipinski definition) is 4. The molecule has 6 nitrogen and oxygen atoms in total. The van der Waals surface area contributed by atoms with Crippen LogP contribution in [0.3, 0.4) is 0 Å². The Morgan fingerprint density at radius 2 is 2.00 bits per heavy atom. The molecular formula is C16H17N5OS. The molecule has 0 aliphatic rings. The molecule has 0 saturated carbocycles. The average Bonchev–Trinajstić information content (AvgIpc) is 3.00. The van der Waals surface area contributed by atoms with Gasteiger partial charge >= 0.3 is 6.03 Å². The predicted molar refractivity (Wildman–Crippen MR) is 93.2 cm³/mol. The standard InChI is InChI=1S/C16H17N5OS/c1-3-14-19-15-13(5-4-10-21(15)20-14)18-16(22)17-11-6-8-12(23-2)9-7-11/h4-10H,3H2,1-2H3,(H2,17,18,22). The first-order valence-corrected chi connectivity index (χ1v) is 8.48. The molecule has 0 saturated heterocycles. The zero-order valence-corrected chi connectivity index (χ0v) is 13.7. The second-order valence-electron chi connectivity index (χ2n) is 4.88. The van der Waals surface area contributed by atoms with Gasteiger partial charge in [0, 0.05) is 23.2 Å². The zero-order chi connectivity index (χ0) is 16.2. The van der Waals surface area contributed by atoms with Crippen LogP contribution in [-0.2, 0) is 6.42 Å². The topological polar surface area (TPSA) is 71.3 Å². The van der Waals surface area contributed by atoms with E-state index in [2.05, 4.69) is 20.7 Å². The van der Waals surface area contributed by atoms with E-state index in [1.165, 1.54) is 0 Å². The summed E-state index contributed by atoms with van der Waals surface area (Å²) in [4.78, 5) is 17.7. The molecule has 0 bridgehead atoms. The number of fused-ring (bicyclic) bond motifs is 1. The summed E-state index contributed by atoms with van der Waals surface area (Å²) in [5.74, 6) is 0.743. The number of hydrogen-bond donors (Lipinski definition) is 2. The van der Waals surface area contributed by atoms with Crippen LogP contribution in [0, 0.1) is 0 Å². The Hall–Kier alpha value is -2.54. The first-order chi connectivity index (χ1) is 11.2. The van der Waals surface area contributed by atoms with Crippen LogP contribution in [0.25, 0.3) is 5.65 Å².